The lowest BCUT2D eigenvalue weighted by Crippen LogP contribution is -2.22. The van der Waals surface area contributed by atoms with Gasteiger partial charge in [0.05, 0.1) is 6.10 Å². The Balaban J connectivity index is 2.14. The standard InChI is InChI=1S/C13H20N2O/c1-13(2,3)10-4-5-12(14-8-10)15-7-6-11(16)9-15/h4-5,8,11,16H,6-7,9H2,1-3H3/t11-/m0/s1. The summed E-state index contributed by atoms with van der Waals surface area (Å²) < 4.78 is 0. The van der Waals surface area contributed by atoms with Crippen molar-refractivity contribution in [2.75, 3.05) is 18.0 Å². The highest BCUT2D eigenvalue weighted by Crippen LogP contribution is 2.24. The van der Waals surface area contributed by atoms with Crippen LogP contribution in [0.25, 0.3) is 0 Å². The van der Waals surface area contributed by atoms with Crippen LogP contribution < -0.4 is 4.90 Å². The predicted octanol–water partition coefficient (Wildman–Crippen LogP) is 1.95. The molecule has 3 nitrogen and oxygen atoms in total. The molecule has 1 N–H and O–H groups in total. The second-order valence-corrected chi connectivity index (χ2v) is 5.54. The predicted molar refractivity (Wildman–Crippen MR) is 65.8 cm³/mol. The quantitative estimate of drug-likeness (QED) is 0.786. The number of β-amino-alcohol motifs (C(OH)–C–C–N with tert-alkyl or cyclic N) is 1. The van der Waals surface area contributed by atoms with Crippen molar-refractivity contribution in [3.63, 3.8) is 0 Å². The first kappa shape index (κ1) is 11.4. The Morgan fingerprint density at radius 3 is 2.56 bits per heavy atom. The van der Waals surface area contributed by atoms with Crippen LogP contribution in [0.3, 0.4) is 0 Å². The molecule has 1 aliphatic rings. The molecule has 0 radical (unpaired) electrons. The van der Waals surface area contributed by atoms with Gasteiger partial charge in [-0.25, -0.2) is 4.98 Å². The van der Waals surface area contributed by atoms with E-state index in [4.69, 9.17) is 0 Å². The molecule has 0 aromatic carbocycles. The molecule has 0 saturated carbocycles. The van der Waals surface area contributed by atoms with Crippen molar-refractivity contribution < 1.29 is 5.11 Å². The van der Waals surface area contributed by atoms with E-state index in [-0.39, 0.29) is 11.5 Å². The number of hydrogen-bond acceptors (Lipinski definition) is 3. The Kier molecular flexibility index (Phi) is 2.89. The molecule has 2 heterocycles. The first-order chi connectivity index (χ1) is 7.47. The third-order valence-corrected chi connectivity index (χ3v) is 3.10. The monoisotopic (exact) mass is 220 g/mol. The van der Waals surface area contributed by atoms with Gasteiger partial charge in [0, 0.05) is 19.3 Å². The number of pyridine rings is 1. The molecular weight excluding hydrogens is 200 g/mol. The van der Waals surface area contributed by atoms with Crippen molar-refractivity contribution in [1.82, 2.24) is 4.98 Å². The molecule has 16 heavy (non-hydrogen) atoms. The van der Waals surface area contributed by atoms with E-state index in [0.717, 1.165) is 18.8 Å². The fourth-order valence-corrected chi connectivity index (χ4v) is 1.97. The molecule has 1 aromatic heterocycles. The Labute approximate surface area is 97.1 Å². The Hall–Kier alpha value is -1.09. The molecule has 0 aliphatic carbocycles. The first-order valence-electron chi connectivity index (χ1n) is 5.86. The van der Waals surface area contributed by atoms with Crippen LogP contribution in [0.2, 0.25) is 0 Å². The van der Waals surface area contributed by atoms with Gasteiger partial charge in [-0.2, -0.15) is 0 Å². The molecular formula is C13H20N2O. The van der Waals surface area contributed by atoms with Crippen molar-refractivity contribution in [1.29, 1.82) is 0 Å². The van der Waals surface area contributed by atoms with Crippen LogP contribution >= 0.6 is 0 Å². The lowest BCUT2D eigenvalue weighted by Gasteiger charge is -2.21. The average Bonchev–Trinajstić information content (AvgIpc) is 2.64. The maximum atomic E-state index is 9.48. The Morgan fingerprint density at radius 1 is 1.38 bits per heavy atom. The van der Waals surface area contributed by atoms with E-state index in [1.54, 1.807) is 0 Å². The molecule has 1 atom stereocenters. The van der Waals surface area contributed by atoms with E-state index in [9.17, 15) is 5.11 Å². The minimum atomic E-state index is -0.191. The highest BCUT2D eigenvalue weighted by Gasteiger charge is 2.21. The summed E-state index contributed by atoms with van der Waals surface area (Å²) in [5.41, 5.74) is 1.40. The zero-order chi connectivity index (χ0) is 11.8. The minimum Gasteiger partial charge on any atom is -0.391 e. The molecule has 3 heteroatoms. The molecule has 0 unspecified atom stereocenters. The van der Waals surface area contributed by atoms with Gasteiger partial charge in [-0.3, -0.25) is 0 Å². The van der Waals surface area contributed by atoms with Gasteiger partial charge < -0.3 is 10.0 Å². The Bertz CT molecular complexity index is 353. The number of aliphatic hydroxyl groups is 1. The summed E-state index contributed by atoms with van der Waals surface area (Å²) in [6.45, 7) is 8.17. The van der Waals surface area contributed by atoms with Crippen LogP contribution in [0.4, 0.5) is 5.82 Å². The number of anilines is 1. The molecule has 2 rings (SSSR count). The van der Waals surface area contributed by atoms with Crippen molar-refractivity contribution in [2.45, 2.75) is 38.7 Å². The van der Waals surface area contributed by atoms with E-state index in [1.807, 2.05) is 6.20 Å². The lowest BCUT2D eigenvalue weighted by molar-refractivity contribution is 0.198. The highest BCUT2D eigenvalue weighted by molar-refractivity contribution is 5.41. The molecule has 1 saturated heterocycles. The number of rotatable bonds is 1. The van der Waals surface area contributed by atoms with Gasteiger partial charge in [0.2, 0.25) is 0 Å². The van der Waals surface area contributed by atoms with Crippen molar-refractivity contribution in [3.05, 3.63) is 23.9 Å². The lowest BCUT2D eigenvalue weighted by atomic mass is 9.88. The zero-order valence-corrected chi connectivity index (χ0v) is 10.3. The largest absolute Gasteiger partial charge is 0.391 e. The van der Waals surface area contributed by atoms with Crippen LogP contribution in [0, 0.1) is 0 Å². The fourth-order valence-electron chi connectivity index (χ4n) is 1.97. The van der Waals surface area contributed by atoms with Crippen LogP contribution in [0.15, 0.2) is 18.3 Å². The van der Waals surface area contributed by atoms with Crippen LogP contribution in [0.1, 0.15) is 32.8 Å². The highest BCUT2D eigenvalue weighted by atomic mass is 16.3. The molecule has 1 fully saturated rings. The number of hydrogen-bond donors (Lipinski definition) is 1. The summed E-state index contributed by atoms with van der Waals surface area (Å²) in [7, 11) is 0. The normalized spacial score (nSPS) is 21.5. The third-order valence-electron chi connectivity index (χ3n) is 3.10. The van der Waals surface area contributed by atoms with Gasteiger partial charge in [-0.05, 0) is 23.5 Å². The van der Waals surface area contributed by atoms with Crippen molar-refractivity contribution >= 4 is 5.82 Å². The van der Waals surface area contributed by atoms with Gasteiger partial charge in [0.1, 0.15) is 5.82 Å². The smallest absolute Gasteiger partial charge is 0.128 e. The summed E-state index contributed by atoms with van der Waals surface area (Å²) >= 11 is 0. The topological polar surface area (TPSA) is 36.4 Å². The van der Waals surface area contributed by atoms with Gasteiger partial charge in [-0.15, -0.1) is 0 Å². The first-order valence-corrected chi connectivity index (χ1v) is 5.86. The maximum Gasteiger partial charge on any atom is 0.128 e. The van der Waals surface area contributed by atoms with Crippen LogP contribution in [0.5, 0.6) is 0 Å². The fraction of sp³-hybridized carbons (Fsp3) is 0.615. The zero-order valence-electron chi connectivity index (χ0n) is 10.3. The summed E-state index contributed by atoms with van der Waals surface area (Å²) in [6.07, 6.45) is 2.60. The van der Waals surface area contributed by atoms with Gasteiger partial charge in [-0.1, -0.05) is 26.8 Å². The average molecular weight is 220 g/mol. The molecule has 0 spiro atoms. The molecule has 0 bridgehead atoms. The van der Waals surface area contributed by atoms with Crippen molar-refractivity contribution in [3.8, 4) is 0 Å². The van der Waals surface area contributed by atoms with E-state index in [0.29, 0.717) is 6.54 Å². The summed E-state index contributed by atoms with van der Waals surface area (Å²) in [5, 5.41) is 9.48. The molecule has 0 amide bonds. The number of aliphatic hydroxyl groups excluding tert-OH is 1. The van der Waals surface area contributed by atoms with E-state index in [2.05, 4.69) is 42.8 Å². The number of aromatic nitrogens is 1. The van der Waals surface area contributed by atoms with Crippen LogP contribution in [-0.4, -0.2) is 29.3 Å². The minimum absolute atomic E-state index is 0.149. The second-order valence-electron chi connectivity index (χ2n) is 5.54. The summed E-state index contributed by atoms with van der Waals surface area (Å²) in [6, 6.07) is 4.19. The number of nitrogens with zero attached hydrogens (tertiary/aromatic N) is 2. The van der Waals surface area contributed by atoms with Gasteiger partial charge >= 0.3 is 0 Å². The summed E-state index contributed by atoms with van der Waals surface area (Å²) in [5.74, 6) is 0.976. The van der Waals surface area contributed by atoms with Gasteiger partial charge in [0.15, 0.2) is 0 Å². The maximum absolute atomic E-state index is 9.48. The van der Waals surface area contributed by atoms with Crippen molar-refractivity contribution in [2.24, 2.45) is 0 Å². The summed E-state index contributed by atoms with van der Waals surface area (Å²) in [4.78, 5) is 6.61. The Morgan fingerprint density at radius 2 is 2.12 bits per heavy atom. The second kappa shape index (κ2) is 4.06. The van der Waals surface area contributed by atoms with E-state index < -0.39 is 0 Å². The molecule has 1 aromatic rings. The van der Waals surface area contributed by atoms with Gasteiger partial charge in [0.25, 0.3) is 0 Å². The van der Waals surface area contributed by atoms with Crippen LogP contribution in [-0.2, 0) is 5.41 Å². The SMILES string of the molecule is CC(C)(C)c1ccc(N2CC[C@H](O)C2)nc1. The molecule has 1 aliphatic heterocycles. The van der Waals surface area contributed by atoms with E-state index in [1.165, 1.54) is 5.56 Å². The van der Waals surface area contributed by atoms with E-state index >= 15 is 0 Å². The molecule has 88 valence electrons. The third kappa shape index (κ3) is 2.35.